The Kier molecular flexibility index (Phi) is 3.03. The molecule has 4 saturated carbocycles. The Balaban J connectivity index is 1.47. The van der Waals surface area contributed by atoms with E-state index in [1.54, 1.807) is 6.07 Å². The van der Waals surface area contributed by atoms with Crippen LogP contribution in [-0.2, 0) is 6.54 Å². The highest BCUT2D eigenvalue weighted by molar-refractivity contribution is 5.53. The van der Waals surface area contributed by atoms with Crippen LogP contribution in [-0.4, -0.2) is 21.4 Å². The maximum atomic E-state index is 9.91. The first-order valence-electron chi connectivity index (χ1n) is 8.08. The number of aromatic hydroxyl groups is 3. The van der Waals surface area contributed by atoms with Gasteiger partial charge in [-0.05, 0) is 61.8 Å². The van der Waals surface area contributed by atoms with Crippen LogP contribution < -0.4 is 5.32 Å². The molecule has 4 fully saturated rings. The first kappa shape index (κ1) is 13.3. The summed E-state index contributed by atoms with van der Waals surface area (Å²) in [6, 6.07) is 3.66. The second-order valence-electron chi connectivity index (χ2n) is 7.28. The predicted molar refractivity (Wildman–Crippen MR) is 79.1 cm³/mol. The zero-order valence-electron chi connectivity index (χ0n) is 12.1. The maximum Gasteiger partial charge on any atom is 0.200 e. The van der Waals surface area contributed by atoms with Crippen molar-refractivity contribution in [2.24, 2.45) is 23.7 Å². The number of hydrogen-bond donors (Lipinski definition) is 4. The topological polar surface area (TPSA) is 72.7 Å². The lowest BCUT2D eigenvalue weighted by Gasteiger charge is -2.54. The van der Waals surface area contributed by atoms with Crippen LogP contribution in [0.1, 0.15) is 37.7 Å². The van der Waals surface area contributed by atoms with Crippen molar-refractivity contribution in [2.45, 2.75) is 44.7 Å². The summed E-state index contributed by atoms with van der Waals surface area (Å²) in [5, 5.41) is 32.5. The molecule has 114 valence electrons. The molecule has 0 aliphatic heterocycles. The number of hydrogen-bond acceptors (Lipinski definition) is 4. The summed E-state index contributed by atoms with van der Waals surface area (Å²) in [6.45, 7) is 0.548. The van der Waals surface area contributed by atoms with E-state index < -0.39 is 5.75 Å². The summed E-state index contributed by atoms with van der Waals surface area (Å²) in [7, 11) is 0. The normalized spacial score (nSPS) is 37.0. The Hall–Kier alpha value is -1.42. The van der Waals surface area contributed by atoms with Crippen molar-refractivity contribution in [3.05, 3.63) is 17.7 Å². The molecule has 4 N–H and O–H groups in total. The Morgan fingerprint density at radius 1 is 0.857 bits per heavy atom. The van der Waals surface area contributed by atoms with Crippen LogP contribution in [0.2, 0.25) is 0 Å². The van der Waals surface area contributed by atoms with E-state index in [1.807, 2.05) is 0 Å². The summed E-state index contributed by atoms with van der Waals surface area (Å²) in [5.41, 5.74) is 0.652. The zero-order valence-corrected chi connectivity index (χ0v) is 12.1. The number of benzene rings is 1. The molecular weight excluding hydrogens is 266 g/mol. The number of rotatable bonds is 3. The van der Waals surface area contributed by atoms with E-state index >= 15 is 0 Å². The fraction of sp³-hybridized carbons (Fsp3) is 0.647. The van der Waals surface area contributed by atoms with Gasteiger partial charge in [-0.3, -0.25) is 0 Å². The summed E-state index contributed by atoms with van der Waals surface area (Å²) in [4.78, 5) is 0. The highest BCUT2D eigenvalue weighted by atomic mass is 16.3. The van der Waals surface area contributed by atoms with E-state index in [2.05, 4.69) is 5.32 Å². The van der Waals surface area contributed by atoms with Crippen LogP contribution in [0.4, 0.5) is 0 Å². The molecule has 1 aromatic carbocycles. The first-order valence-corrected chi connectivity index (χ1v) is 8.08. The van der Waals surface area contributed by atoms with E-state index in [4.69, 9.17) is 0 Å². The lowest BCUT2D eigenvalue weighted by molar-refractivity contribution is -0.0143. The molecule has 4 heteroatoms. The molecule has 0 unspecified atom stereocenters. The maximum absolute atomic E-state index is 9.91. The molecular formula is C17H23NO3. The van der Waals surface area contributed by atoms with E-state index in [-0.39, 0.29) is 11.5 Å². The second-order valence-corrected chi connectivity index (χ2v) is 7.28. The molecule has 0 heterocycles. The zero-order chi connectivity index (χ0) is 14.6. The number of nitrogens with one attached hydrogen (secondary N) is 1. The third-order valence-electron chi connectivity index (χ3n) is 5.97. The molecule has 5 rings (SSSR count). The fourth-order valence-corrected chi connectivity index (χ4v) is 5.24. The van der Waals surface area contributed by atoms with Crippen LogP contribution in [0, 0.1) is 23.7 Å². The average molecular weight is 289 g/mol. The van der Waals surface area contributed by atoms with Crippen LogP contribution >= 0.6 is 0 Å². The van der Waals surface area contributed by atoms with Crippen molar-refractivity contribution in [1.29, 1.82) is 0 Å². The molecule has 0 amide bonds. The van der Waals surface area contributed by atoms with Crippen LogP contribution in [0.25, 0.3) is 0 Å². The highest BCUT2D eigenvalue weighted by Gasteiger charge is 2.47. The van der Waals surface area contributed by atoms with Crippen molar-refractivity contribution in [3.63, 3.8) is 0 Å². The van der Waals surface area contributed by atoms with Gasteiger partial charge in [0.25, 0.3) is 0 Å². The predicted octanol–water partition coefficient (Wildman–Crippen LogP) is 2.72. The monoisotopic (exact) mass is 289 g/mol. The number of phenolic OH excluding ortho intramolecular Hbond substituents is 3. The van der Waals surface area contributed by atoms with Crippen LogP contribution in [0.5, 0.6) is 17.2 Å². The largest absolute Gasteiger partial charge is 0.504 e. The lowest BCUT2D eigenvalue weighted by Crippen LogP contribution is -2.54. The SMILES string of the molecule is Oc1ccc(CNC2C3CC4CC(C3)CC2C4)c(O)c1O. The van der Waals surface area contributed by atoms with Gasteiger partial charge in [-0.15, -0.1) is 0 Å². The molecule has 4 bridgehead atoms. The Morgan fingerprint density at radius 2 is 1.48 bits per heavy atom. The number of phenols is 3. The third kappa shape index (κ3) is 2.16. The van der Waals surface area contributed by atoms with Gasteiger partial charge in [-0.25, -0.2) is 0 Å². The molecule has 0 saturated heterocycles. The van der Waals surface area contributed by atoms with Crippen molar-refractivity contribution >= 4 is 0 Å². The molecule has 1 aromatic rings. The lowest BCUT2D eigenvalue weighted by atomic mass is 9.54. The molecule has 0 radical (unpaired) electrons. The molecule has 4 nitrogen and oxygen atoms in total. The van der Waals surface area contributed by atoms with Crippen molar-refractivity contribution < 1.29 is 15.3 Å². The second kappa shape index (κ2) is 4.80. The first-order chi connectivity index (χ1) is 10.1. The minimum atomic E-state index is -0.417. The summed E-state index contributed by atoms with van der Waals surface area (Å²) < 4.78 is 0. The Labute approximate surface area is 124 Å². The van der Waals surface area contributed by atoms with Gasteiger partial charge in [0, 0.05) is 18.2 Å². The third-order valence-corrected chi connectivity index (χ3v) is 5.97. The highest BCUT2D eigenvalue weighted by Crippen LogP contribution is 2.53. The van der Waals surface area contributed by atoms with Gasteiger partial charge in [-0.1, -0.05) is 6.07 Å². The quantitative estimate of drug-likeness (QED) is 0.646. The summed E-state index contributed by atoms with van der Waals surface area (Å²) >= 11 is 0. The Bertz CT molecular complexity index is 529. The van der Waals surface area contributed by atoms with Gasteiger partial charge in [0.05, 0.1) is 0 Å². The van der Waals surface area contributed by atoms with Gasteiger partial charge in [0.2, 0.25) is 5.75 Å². The minimum absolute atomic E-state index is 0.202. The smallest absolute Gasteiger partial charge is 0.200 e. The minimum Gasteiger partial charge on any atom is -0.504 e. The van der Waals surface area contributed by atoms with Crippen LogP contribution in [0.15, 0.2) is 12.1 Å². The molecule has 0 aromatic heterocycles. The standard InChI is InChI=1S/C17H23NO3/c19-14-2-1-11(16(20)17(14)21)8-18-15-12-4-9-3-10(6-12)7-13(15)5-9/h1-2,9-10,12-13,15,18-21H,3-8H2. The van der Waals surface area contributed by atoms with E-state index in [9.17, 15) is 15.3 Å². The van der Waals surface area contributed by atoms with Gasteiger partial charge in [0.1, 0.15) is 0 Å². The van der Waals surface area contributed by atoms with E-state index in [0.29, 0.717) is 18.2 Å². The van der Waals surface area contributed by atoms with Crippen molar-refractivity contribution in [3.8, 4) is 17.2 Å². The van der Waals surface area contributed by atoms with Gasteiger partial charge in [-0.2, -0.15) is 0 Å². The fourth-order valence-electron chi connectivity index (χ4n) is 5.24. The molecule has 0 spiro atoms. The Morgan fingerprint density at radius 3 is 2.10 bits per heavy atom. The van der Waals surface area contributed by atoms with Crippen LogP contribution in [0.3, 0.4) is 0 Å². The van der Waals surface area contributed by atoms with Crippen molar-refractivity contribution in [2.75, 3.05) is 0 Å². The molecule has 0 atom stereocenters. The van der Waals surface area contributed by atoms with E-state index in [0.717, 1.165) is 23.7 Å². The summed E-state index contributed by atoms with van der Waals surface area (Å²) in [5.74, 6) is 2.59. The summed E-state index contributed by atoms with van der Waals surface area (Å²) in [6.07, 6.45) is 6.89. The van der Waals surface area contributed by atoms with Crippen molar-refractivity contribution in [1.82, 2.24) is 5.32 Å². The molecule has 4 aliphatic carbocycles. The average Bonchev–Trinajstić information content (AvgIpc) is 2.45. The molecule has 21 heavy (non-hydrogen) atoms. The molecule has 4 aliphatic rings. The van der Waals surface area contributed by atoms with Gasteiger partial charge < -0.3 is 20.6 Å². The van der Waals surface area contributed by atoms with Gasteiger partial charge >= 0.3 is 0 Å². The van der Waals surface area contributed by atoms with E-state index in [1.165, 1.54) is 38.2 Å². The van der Waals surface area contributed by atoms with Gasteiger partial charge in [0.15, 0.2) is 11.5 Å².